The van der Waals surface area contributed by atoms with Gasteiger partial charge in [0.1, 0.15) is 11.8 Å². The molecule has 0 amide bonds. The Bertz CT molecular complexity index is 405. The van der Waals surface area contributed by atoms with Gasteiger partial charge in [-0.05, 0) is 19.1 Å². The lowest BCUT2D eigenvalue weighted by molar-refractivity contribution is 0.101. The number of nitrogens with zero attached hydrogens (tertiary/aromatic N) is 1. The molecular weight excluding hydrogens is 168 g/mol. The van der Waals surface area contributed by atoms with Crippen LogP contribution in [0.3, 0.4) is 0 Å². The third-order valence-corrected chi connectivity index (χ3v) is 1.69. The van der Waals surface area contributed by atoms with E-state index in [-0.39, 0.29) is 28.3 Å². The normalized spacial score (nSPS) is 9.23. The number of Topliss-reactive ketones (excluding diaryl/α,β-unsaturated/α-hetero) is 1. The molecule has 0 saturated carbocycles. The molecule has 1 rings (SSSR count). The summed E-state index contributed by atoms with van der Waals surface area (Å²) in [6.45, 7) is 1.35. The molecule has 13 heavy (non-hydrogen) atoms. The molecule has 0 unspecified atom stereocenters. The second kappa shape index (κ2) is 3.15. The van der Waals surface area contributed by atoms with Crippen molar-refractivity contribution in [2.24, 2.45) is 0 Å². The van der Waals surface area contributed by atoms with Crippen LogP contribution in [0.5, 0.6) is 5.75 Å². The van der Waals surface area contributed by atoms with Crippen LogP contribution in [0.25, 0.3) is 0 Å². The van der Waals surface area contributed by atoms with Crippen molar-refractivity contribution >= 4 is 11.5 Å². The van der Waals surface area contributed by atoms with Crippen LogP contribution in [0, 0.1) is 11.3 Å². The maximum absolute atomic E-state index is 10.9. The number of rotatable bonds is 1. The number of anilines is 1. The van der Waals surface area contributed by atoms with Gasteiger partial charge < -0.3 is 10.8 Å². The van der Waals surface area contributed by atoms with Gasteiger partial charge in [-0.3, -0.25) is 4.79 Å². The molecule has 0 radical (unpaired) electrons. The minimum absolute atomic E-state index is 0.00694. The molecule has 0 bridgehead atoms. The topological polar surface area (TPSA) is 87.1 Å². The molecule has 3 N–H and O–H groups in total. The number of nitrogens with two attached hydrogens (primary N) is 1. The van der Waals surface area contributed by atoms with Crippen LogP contribution >= 0.6 is 0 Å². The molecule has 1 aromatic rings. The van der Waals surface area contributed by atoms with Crippen molar-refractivity contribution in [2.75, 3.05) is 5.73 Å². The number of hydrogen-bond acceptors (Lipinski definition) is 4. The smallest absolute Gasteiger partial charge is 0.159 e. The number of nitriles is 1. The number of aromatic hydroxyl groups is 1. The number of phenols is 1. The van der Waals surface area contributed by atoms with Crippen LogP contribution in [0.1, 0.15) is 22.8 Å². The van der Waals surface area contributed by atoms with Crippen molar-refractivity contribution in [3.8, 4) is 11.8 Å². The summed E-state index contributed by atoms with van der Waals surface area (Å²) in [5.41, 5.74) is 5.78. The number of carbonyl (C=O) groups is 1. The van der Waals surface area contributed by atoms with Gasteiger partial charge in [-0.25, -0.2) is 0 Å². The molecule has 1 aromatic carbocycles. The van der Waals surface area contributed by atoms with Gasteiger partial charge >= 0.3 is 0 Å². The van der Waals surface area contributed by atoms with Gasteiger partial charge in [0, 0.05) is 5.56 Å². The van der Waals surface area contributed by atoms with E-state index in [1.54, 1.807) is 6.07 Å². The highest BCUT2D eigenvalue weighted by molar-refractivity contribution is 5.95. The summed E-state index contributed by atoms with van der Waals surface area (Å²) in [6.07, 6.45) is 0. The van der Waals surface area contributed by atoms with Crippen LogP contribution in [-0.2, 0) is 0 Å². The zero-order chi connectivity index (χ0) is 10.0. The minimum Gasteiger partial charge on any atom is -0.506 e. The Balaban J connectivity index is 3.41. The molecule has 0 spiro atoms. The third-order valence-electron chi connectivity index (χ3n) is 1.69. The first-order valence-electron chi connectivity index (χ1n) is 3.59. The zero-order valence-corrected chi connectivity index (χ0v) is 7.03. The summed E-state index contributed by atoms with van der Waals surface area (Å²) in [6, 6.07) is 4.40. The predicted octanol–water partition coefficient (Wildman–Crippen LogP) is 1.05. The monoisotopic (exact) mass is 176 g/mol. The lowest BCUT2D eigenvalue weighted by atomic mass is 10.1. The SMILES string of the molecule is CC(=O)c1cc(O)c(N)c(C#N)c1. The Labute approximate surface area is 75.2 Å². The van der Waals surface area contributed by atoms with Gasteiger partial charge in [-0.1, -0.05) is 0 Å². The Morgan fingerprint density at radius 3 is 2.69 bits per heavy atom. The van der Waals surface area contributed by atoms with Gasteiger partial charge in [0.25, 0.3) is 0 Å². The molecule has 0 aromatic heterocycles. The molecule has 0 saturated heterocycles. The van der Waals surface area contributed by atoms with E-state index in [4.69, 9.17) is 11.0 Å². The third kappa shape index (κ3) is 1.59. The molecule has 0 aliphatic carbocycles. The van der Waals surface area contributed by atoms with Crippen molar-refractivity contribution in [1.29, 1.82) is 5.26 Å². The van der Waals surface area contributed by atoms with Gasteiger partial charge in [0.2, 0.25) is 0 Å². The van der Waals surface area contributed by atoms with Gasteiger partial charge in [0.05, 0.1) is 11.3 Å². The Morgan fingerprint density at radius 2 is 2.23 bits per heavy atom. The van der Waals surface area contributed by atoms with Crippen LogP contribution in [0.2, 0.25) is 0 Å². The van der Waals surface area contributed by atoms with E-state index < -0.39 is 0 Å². The van der Waals surface area contributed by atoms with Gasteiger partial charge in [-0.15, -0.1) is 0 Å². The fraction of sp³-hybridized carbons (Fsp3) is 0.111. The second-order valence-corrected chi connectivity index (χ2v) is 2.62. The van der Waals surface area contributed by atoms with Crippen molar-refractivity contribution in [3.05, 3.63) is 23.3 Å². The van der Waals surface area contributed by atoms with E-state index in [1.165, 1.54) is 19.1 Å². The molecule has 4 heteroatoms. The van der Waals surface area contributed by atoms with Crippen LogP contribution in [0.4, 0.5) is 5.69 Å². The summed E-state index contributed by atoms with van der Waals surface area (Å²) in [4.78, 5) is 10.9. The molecule has 66 valence electrons. The highest BCUT2D eigenvalue weighted by Crippen LogP contribution is 2.25. The predicted molar refractivity (Wildman–Crippen MR) is 47.2 cm³/mol. The molecule has 0 aliphatic rings. The van der Waals surface area contributed by atoms with Crippen molar-refractivity contribution < 1.29 is 9.90 Å². The molecule has 0 heterocycles. The Kier molecular flexibility index (Phi) is 2.20. The first-order valence-corrected chi connectivity index (χ1v) is 3.59. The summed E-state index contributed by atoms with van der Waals surface area (Å²) in [5, 5.41) is 17.8. The average molecular weight is 176 g/mol. The van der Waals surface area contributed by atoms with Crippen LogP contribution in [0.15, 0.2) is 12.1 Å². The zero-order valence-electron chi connectivity index (χ0n) is 7.03. The number of hydrogen-bond donors (Lipinski definition) is 2. The Morgan fingerprint density at radius 1 is 1.62 bits per heavy atom. The van der Waals surface area contributed by atoms with Crippen LogP contribution < -0.4 is 5.73 Å². The van der Waals surface area contributed by atoms with Gasteiger partial charge in [0.15, 0.2) is 5.78 Å². The van der Waals surface area contributed by atoms with E-state index in [0.29, 0.717) is 0 Å². The molecule has 4 nitrogen and oxygen atoms in total. The largest absolute Gasteiger partial charge is 0.506 e. The van der Waals surface area contributed by atoms with Crippen molar-refractivity contribution in [1.82, 2.24) is 0 Å². The summed E-state index contributed by atoms with van der Waals surface area (Å²) in [5.74, 6) is -0.448. The number of carbonyl (C=O) groups excluding carboxylic acids is 1. The summed E-state index contributed by atoms with van der Waals surface area (Å²) < 4.78 is 0. The molecular formula is C9H8N2O2. The average Bonchev–Trinajstić information content (AvgIpc) is 2.09. The number of ketones is 1. The highest BCUT2D eigenvalue weighted by atomic mass is 16.3. The molecule has 0 aliphatic heterocycles. The van der Waals surface area contributed by atoms with Crippen molar-refractivity contribution in [3.63, 3.8) is 0 Å². The van der Waals surface area contributed by atoms with Crippen molar-refractivity contribution in [2.45, 2.75) is 6.92 Å². The van der Waals surface area contributed by atoms with E-state index in [2.05, 4.69) is 0 Å². The summed E-state index contributed by atoms with van der Waals surface area (Å²) in [7, 11) is 0. The van der Waals surface area contributed by atoms with E-state index in [0.717, 1.165) is 0 Å². The Hall–Kier alpha value is -2.02. The van der Waals surface area contributed by atoms with E-state index >= 15 is 0 Å². The number of phenolic OH excluding ortho intramolecular Hbond substituents is 1. The lowest BCUT2D eigenvalue weighted by Gasteiger charge is -2.02. The summed E-state index contributed by atoms with van der Waals surface area (Å²) >= 11 is 0. The standard InChI is InChI=1S/C9H8N2O2/c1-5(12)6-2-7(4-10)9(11)8(13)3-6/h2-3,13H,11H2,1H3. The molecule has 0 fully saturated rings. The maximum Gasteiger partial charge on any atom is 0.159 e. The van der Waals surface area contributed by atoms with Gasteiger partial charge in [-0.2, -0.15) is 5.26 Å². The fourth-order valence-corrected chi connectivity index (χ4v) is 0.934. The van der Waals surface area contributed by atoms with Crippen LogP contribution in [-0.4, -0.2) is 10.9 Å². The molecule has 0 atom stereocenters. The quantitative estimate of drug-likeness (QED) is 0.380. The van der Waals surface area contributed by atoms with E-state index in [1.807, 2.05) is 0 Å². The fourth-order valence-electron chi connectivity index (χ4n) is 0.934. The minimum atomic E-state index is -0.232. The number of benzene rings is 1. The number of nitrogen functional groups attached to an aromatic ring is 1. The first kappa shape index (κ1) is 9.07. The second-order valence-electron chi connectivity index (χ2n) is 2.62. The highest BCUT2D eigenvalue weighted by Gasteiger charge is 2.08. The van der Waals surface area contributed by atoms with E-state index in [9.17, 15) is 9.90 Å². The lowest BCUT2D eigenvalue weighted by Crippen LogP contribution is -1.97. The maximum atomic E-state index is 10.9. The first-order chi connectivity index (χ1) is 6.06.